The maximum atomic E-state index is 14.3. The van der Waals surface area contributed by atoms with Gasteiger partial charge in [-0.05, 0) is 59.4 Å². The fourth-order valence-corrected chi connectivity index (χ4v) is 8.01. The molecule has 210 valence electrons. The summed E-state index contributed by atoms with van der Waals surface area (Å²) in [5.74, 6) is -5.07. The Hall–Kier alpha value is -3.19. The van der Waals surface area contributed by atoms with Crippen molar-refractivity contribution in [2.75, 3.05) is 0 Å². The molecule has 2 amide bonds. The first-order valence-electron chi connectivity index (χ1n) is 13.4. The van der Waals surface area contributed by atoms with Gasteiger partial charge in [0.15, 0.2) is 6.10 Å². The second kappa shape index (κ2) is 9.69. The monoisotopic (exact) mass is 609 g/mol. The van der Waals surface area contributed by atoms with Crippen LogP contribution < -0.4 is 0 Å². The van der Waals surface area contributed by atoms with Crippen LogP contribution in [-0.2, 0) is 28.9 Å². The number of rotatable bonds is 6. The zero-order valence-electron chi connectivity index (χ0n) is 22.4. The first-order valence-corrected chi connectivity index (χ1v) is 14.5. The second-order valence-electron chi connectivity index (χ2n) is 11.2. The summed E-state index contributed by atoms with van der Waals surface area (Å²) in [5, 5.41) is 0.464. The third-order valence-electron chi connectivity index (χ3n) is 8.56. The molecule has 4 atom stereocenters. The SMILES string of the molecule is CC(C)[C@@H](C(=O)O[C@@H](C)C(=O)c1ccc(Cl)cc1)N1C(=O)[C@@H]2[C@H](C1=O)C1(Cl)c3ccccc3C2(Cl)c2ccccc21. The number of alkyl halides is 2. The fourth-order valence-electron chi connectivity index (χ4n) is 6.78. The number of esters is 1. The Morgan fingerprint density at radius 3 is 1.56 bits per heavy atom. The molecular formula is C32H26Cl3NO5. The lowest BCUT2D eigenvalue weighted by molar-refractivity contribution is -0.162. The number of ether oxygens (including phenoxy) is 1. The average Bonchev–Trinajstić information content (AvgIpc) is 3.22. The van der Waals surface area contributed by atoms with E-state index in [1.807, 2.05) is 48.5 Å². The van der Waals surface area contributed by atoms with Gasteiger partial charge in [0.1, 0.15) is 15.8 Å². The molecule has 41 heavy (non-hydrogen) atoms. The normalized spacial score (nSPS) is 27.2. The topological polar surface area (TPSA) is 80.8 Å². The Morgan fingerprint density at radius 1 is 0.756 bits per heavy atom. The van der Waals surface area contributed by atoms with Crippen LogP contribution in [0.5, 0.6) is 0 Å². The summed E-state index contributed by atoms with van der Waals surface area (Å²) in [5.41, 5.74) is 3.00. The Bertz CT molecular complexity index is 1500. The van der Waals surface area contributed by atoms with E-state index < -0.39 is 63.2 Å². The van der Waals surface area contributed by atoms with E-state index in [4.69, 9.17) is 39.5 Å². The summed E-state index contributed by atoms with van der Waals surface area (Å²) in [6.07, 6.45) is -1.16. The molecule has 3 aromatic rings. The first-order chi connectivity index (χ1) is 19.4. The summed E-state index contributed by atoms with van der Waals surface area (Å²) in [4.78, 5) is 53.5. The number of carbonyl (C=O) groups excluding carboxylic acids is 4. The van der Waals surface area contributed by atoms with E-state index in [1.165, 1.54) is 19.1 Å². The maximum absolute atomic E-state index is 14.3. The van der Waals surface area contributed by atoms with Gasteiger partial charge in [-0.25, -0.2) is 4.79 Å². The Morgan fingerprint density at radius 2 is 1.17 bits per heavy atom. The Kier molecular flexibility index (Phi) is 6.60. The van der Waals surface area contributed by atoms with Crippen LogP contribution >= 0.6 is 34.8 Å². The number of imide groups is 1. The van der Waals surface area contributed by atoms with Crippen LogP contribution in [0.2, 0.25) is 5.02 Å². The minimum atomic E-state index is -1.36. The predicted molar refractivity (Wildman–Crippen MR) is 155 cm³/mol. The van der Waals surface area contributed by atoms with Crippen molar-refractivity contribution in [3.8, 4) is 0 Å². The lowest BCUT2D eigenvalue weighted by atomic mass is 9.54. The number of hydrogen-bond acceptors (Lipinski definition) is 5. The number of halogens is 3. The molecule has 9 heteroatoms. The molecule has 4 aliphatic rings. The zero-order chi connectivity index (χ0) is 29.4. The number of likely N-dealkylation sites (tertiary alicyclic amines) is 1. The Labute approximate surface area is 252 Å². The highest BCUT2D eigenvalue weighted by Crippen LogP contribution is 2.69. The van der Waals surface area contributed by atoms with Gasteiger partial charge in [-0.1, -0.05) is 74.0 Å². The van der Waals surface area contributed by atoms with Crippen LogP contribution in [0, 0.1) is 17.8 Å². The van der Waals surface area contributed by atoms with Crippen molar-refractivity contribution in [3.05, 3.63) is 106 Å². The molecule has 1 heterocycles. The third kappa shape index (κ3) is 3.77. The van der Waals surface area contributed by atoms with Gasteiger partial charge < -0.3 is 4.74 Å². The minimum absolute atomic E-state index is 0.315. The van der Waals surface area contributed by atoms with Crippen LogP contribution in [0.4, 0.5) is 0 Å². The van der Waals surface area contributed by atoms with Gasteiger partial charge in [-0.15, -0.1) is 23.2 Å². The number of Topliss-reactive ketones (excluding diaryl/α,β-unsaturated/α-hetero) is 1. The van der Waals surface area contributed by atoms with Crippen LogP contribution in [0.3, 0.4) is 0 Å². The van der Waals surface area contributed by atoms with E-state index in [-0.39, 0.29) is 0 Å². The van der Waals surface area contributed by atoms with Gasteiger partial charge in [0, 0.05) is 10.6 Å². The molecule has 0 radical (unpaired) electrons. The molecule has 0 unspecified atom stereocenters. The van der Waals surface area contributed by atoms with E-state index in [2.05, 4.69) is 0 Å². The van der Waals surface area contributed by atoms with Crippen molar-refractivity contribution >= 4 is 58.4 Å². The van der Waals surface area contributed by atoms with Crippen molar-refractivity contribution in [3.63, 3.8) is 0 Å². The van der Waals surface area contributed by atoms with E-state index >= 15 is 0 Å². The highest BCUT2D eigenvalue weighted by atomic mass is 35.5. The van der Waals surface area contributed by atoms with Crippen molar-refractivity contribution in [1.29, 1.82) is 0 Å². The molecule has 1 aliphatic heterocycles. The van der Waals surface area contributed by atoms with Gasteiger partial charge in [0.25, 0.3) is 0 Å². The molecule has 0 aromatic heterocycles. The van der Waals surface area contributed by atoms with Crippen molar-refractivity contribution in [1.82, 2.24) is 4.90 Å². The fraction of sp³-hybridized carbons (Fsp3) is 0.312. The Balaban J connectivity index is 1.39. The van der Waals surface area contributed by atoms with Gasteiger partial charge in [0.2, 0.25) is 17.6 Å². The summed E-state index contributed by atoms with van der Waals surface area (Å²) < 4.78 is 5.59. The number of hydrogen-bond donors (Lipinski definition) is 0. The zero-order valence-corrected chi connectivity index (χ0v) is 24.7. The van der Waals surface area contributed by atoms with E-state index in [1.54, 1.807) is 26.0 Å². The molecule has 3 aromatic carbocycles. The summed E-state index contributed by atoms with van der Waals surface area (Å²) >= 11 is 20.9. The maximum Gasteiger partial charge on any atom is 0.330 e. The highest BCUT2D eigenvalue weighted by Gasteiger charge is 2.74. The number of ketones is 1. The molecule has 0 N–H and O–H groups in total. The second-order valence-corrected chi connectivity index (χ2v) is 12.8. The van der Waals surface area contributed by atoms with E-state index in [0.717, 1.165) is 4.90 Å². The summed E-state index contributed by atoms with van der Waals surface area (Å²) in [6, 6.07) is 19.6. The lowest BCUT2D eigenvalue weighted by Gasteiger charge is -2.54. The highest BCUT2D eigenvalue weighted by molar-refractivity contribution is 6.36. The summed E-state index contributed by atoms with van der Waals surface area (Å²) in [6.45, 7) is 4.88. The molecular weight excluding hydrogens is 585 g/mol. The van der Waals surface area contributed by atoms with Gasteiger partial charge in [-0.3, -0.25) is 19.3 Å². The van der Waals surface area contributed by atoms with Crippen LogP contribution in [-0.4, -0.2) is 40.6 Å². The van der Waals surface area contributed by atoms with Crippen molar-refractivity contribution in [2.45, 2.75) is 42.7 Å². The minimum Gasteiger partial charge on any atom is -0.453 e. The van der Waals surface area contributed by atoms with Crippen LogP contribution in [0.25, 0.3) is 0 Å². The predicted octanol–water partition coefficient (Wildman–Crippen LogP) is 6.07. The molecule has 3 aliphatic carbocycles. The van der Waals surface area contributed by atoms with Crippen molar-refractivity contribution < 1.29 is 23.9 Å². The van der Waals surface area contributed by atoms with Crippen molar-refractivity contribution in [2.24, 2.45) is 17.8 Å². The smallest absolute Gasteiger partial charge is 0.330 e. The standard InChI is InChI=1S/C32H26Cl3NO5/c1-16(2)26(30(40)41-17(3)27(37)18-12-14-19(33)15-13-18)36-28(38)24-25(29(36)39)32(35)21-9-5-4-8-20(21)31(24,34)22-10-6-7-11-23(22)32/h4-17,24-26H,1-3H3/t17-,24-,25+,26-,31?,32?/m0/s1. The average molecular weight is 611 g/mol. The van der Waals surface area contributed by atoms with Gasteiger partial charge in [0.05, 0.1) is 11.8 Å². The quantitative estimate of drug-likeness (QED) is 0.146. The van der Waals surface area contributed by atoms with E-state index in [9.17, 15) is 19.2 Å². The number of carbonyl (C=O) groups is 4. The number of amides is 2. The third-order valence-corrected chi connectivity index (χ3v) is 10.1. The van der Waals surface area contributed by atoms with Gasteiger partial charge >= 0.3 is 5.97 Å². The summed E-state index contributed by atoms with van der Waals surface area (Å²) in [7, 11) is 0. The molecule has 0 spiro atoms. The molecule has 7 rings (SSSR count). The molecule has 1 fully saturated rings. The molecule has 2 bridgehead atoms. The van der Waals surface area contributed by atoms with Gasteiger partial charge in [-0.2, -0.15) is 0 Å². The van der Waals surface area contributed by atoms with Crippen LogP contribution in [0.1, 0.15) is 53.4 Å². The number of nitrogens with zero attached hydrogens (tertiary/aromatic N) is 1. The van der Waals surface area contributed by atoms with E-state index in [0.29, 0.717) is 32.8 Å². The molecule has 6 nitrogen and oxygen atoms in total. The molecule has 1 saturated heterocycles. The lowest BCUT2D eigenvalue weighted by Crippen LogP contribution is -2.57. The van der Waals surface area contributed by atoms with Crippen LogP contribution in [0.15, 0.2) is 72.8 Å². The molecule has 0 saturated carbocycles. The number of benzene rings is 3. The largest absolute Gasteiger partial charge is 0.453 e. The first kappa shape index (κ1) is 28.0.